The molecule has 0 radical (unpaired) electrons. The molecule has 1 aliphatic heterocycles. The molecule has 0 fully saturated rings. The van der Waals surface area contributed by atoms with Gasteiger partial charge in [0.25, 0.3) is 11.8 Å². The fourth-order valence-electron chi connectivity index (χ4n) is 4.13. The van der Waals surface area contributed by atoms with Crippen LogP contribution in [0, 0.1) is 20.8 Å². The van der Waals surface area contributed by atoms with Gasteiger partial charge in [0.2, 0.25) is 0 Å². The highest BCUT2D eigenvalue weighted by molar-refractivity contribution is 5.97. The van der Waals surface area contributed by atoms with E-state index in [0.717, 1.165) is 27.9 Å². The molecular weight excluding hydrogens is 400 g/mol. The lowest BCUT2D eigenvalue weighted by molar-refractivity contribution is -0.118. The maximum Gasteiger partial charge on any atom is 0.262 e. The van der Waals surface area contributed by atoms with Crippen LogP contribution in [-0.4, -0.2) is 29.9 Å². The summed E-state index contributed by atoms with van der Waals surface area (Å²) in [5.41, 5.74) is 6.77. The third kappa shape index (κ3) is 4.99. The van der Waals surface area contributed by atoms with Crippen LogP contribution in [0.15, 0.2) is 60.7 Å². The second kappa shape index (κ2) is 9.27. The molecule has 0 atom stereocenters. The zero-order valence-corrected chi connectivity index (χ0v) is 18.8. The lowest BCUT2D eigenvalue weighted by Gasteiger charge is -2.29. The molecule has 4 rings (SSSR count). The number of anilines is 1. The summed E-state index contributed by atoms with van der Waals surface area (Å²) in [6.45, 7) is 7.14. The normalized spacial score (nSPS) is 13.0. The van der Waals surface area contributed by atoms with Gasteiger partial charge in [0.05, 0.1) is 0 Å². The topological polar surface area (TPSA) is 58.6 Å². The van der Waals surface area contributed by atoms with Crippen LogP contribution in [0.1, 0.15) is 38.2 Å². The van der Waals surface area contributed by atoms with E-state index in [1.165, 1.54) is 5.56 Å². The molecular formula is C27H28N2O3. The zero-order valence-electron chi connectivity index (χ0n) is 18.8. The van der Waals surface area contributed by atoms with Gasteiger partial charge in [-0.2, -0.15) is 0 Å². The Bertz CT molecular complexity index is 1130. The van der Waals surface area contributed by atoms with Crippen molar-refractivity contribution in [1.82, 2.24) is 4.90 Å². The van der Waals surface area contributed by atoms with E-state index in [0.29, 0.717) is 30.8 Å². The van der Waals surface area contributed by atoms with Gasteiger partial charge in [0, 0.05) is 29.9 Å². The number of benzene rings is 3. The van der Waals surface area contributed by atoms with Crippen molar-refractivity contribution in [2.75, 3.05) is 18.5 Å². The molecule has 0 spiro atoms. The number of fused-ring (bicyclic) bond motifs is 1. The number of nitrogens with zero attached hydrogens (tertiary/aromatic N) is 1. The quantitative estimate of drug-likeness (QED) is 0.612. The van der Waals surface area contributed by atoms with Crippen molar-refractivity contribution in [3.63, 3.8) is 0 Å². The van der Waals surface area contributed by atoms with Gasteiger partial charge in [-0.25, -0.2) is 0 Å². The van der Waals surface area contributed by atoms with Gasteiger partial charge in [0.1, 0.15) is 5.75 Å². The Morgan fingerprint density at radius 3 is 2.41 bits per heavy atom. The van der Waals surface area contributed by atoms with Crippen molar-refractivity contribution in [3.8, 4) is 5.75 Å². The standard InChI is InChI=1S/C27H28N2O3/c1-18-7-9-21(10-8-18)16-29-12-11-23-24(27(29)31)5-4-6-25(23)32-17-26(30)28-22-14-19(2)13-20(3)15-22/h4-10,13-15H,11-12,16-17H2,1-3H3,(H,28,30). The molecule has 32 heavy (non-hydrogen) atoms. The molecule has 0 aromatic heterocycles. The van der Waals surface area contributed by atoms with Gasteiger partial charge >= 0.3 is 0 Å². The number of aryl methyl sites for hydroxylation is 3. The molecule has 5 heteroatoms. The van der Waals surface area contributed by atoms with Crippen LogP contribution < -0.4 is 10.1 Å². The summed E-state index contributed by atoms with van der Waals surface area (Å²) in [4.78, 5) is 27.3. The second-order valence-corrected chi connectivity index (χ2v) is 8.46. The maximum absolute atomic E-state index is 13.1. The molecule has 3 aromatic rings. The van der Waals surface area contributed by atoms with Crippen molar-refractivity contribution in [3.05, 3.63) is 94.0 Å². The van der Waals surface area contributed by atoms with Crippen LogP contribution in [0.4, 0.5) is 5.69 Å². The van der Waals surface area contributed by atoms with E-state index in [2.05, 4.69) is 42.6 Å². The SMILES string of the molecule is Cc1ccc(CN2CCc3c(OCC(=O)Nc4cc(C)cc(C)c4)cccc3C2=O)cc1. The van der Waals surface area contributed by atoms with Crippen molar-refractivity contribution < 1.29 is 14.3 Å². The highest BCUT2D eigenvalue weighted by atomic mass is 16.5. The maximum atomic E-state index is 13.1. The summed E-state index contributed by atoms with van der Waals surface area (Å²) in [6.07, 6.45) is 0.696. The molecule has 1 aliphatic rings. The number of carbonyl (C=O) groups excluding carboxylic acids is 2. The first kappa shape index (κ1) is 21.6. The first-order valence-electron chi connectivity index (χ1n) is 10.9. The Morgan fingerprint density at radius 1 is 0.969 bits per heavy atom. The first-order valence-corrected chi connectivity index (χ1v) is 10.9. The fourth-order valence-corrected chi connectivity index (χ4v) is 4.13. The van der Waals surface area contributed by atoms with E-state index in [-0.39, 0.29) is 18.4 Å². The lowest BCUT2D eigenvalue weighted by atomic mass is 9.97. The third-order valence-corrected chi connectivity index (χ3v) is 5.64. The smallest absolute Gasteiger partial charge is 0.262 e. The van der Waals surface area contributed by atoms with E-state index in [9.17, 15) is 9.59 Å². The van der Waals surface area contributed by atoms with Crippen LogP contribution in [0.2, 0.25) is 0 Å². The Hall–Kier alpha value is -3.60. The average molecular weight is 429 g/mol. The molecule has 5 nitrogen and oxygen atoms in total. The van der Waals surface area contributed by atoms with Crippen molar-refractivity contribution >= 4 is 17.5 Å². The fraction of sp³-hybridized carbons (Fsp3) is 0.259. The molecule has 3 aromatic carbocycles. The highest BCUT2D eigenvalue weighted by Crippen LogP contribution is 2.29. The van der Waals surface area contributed by atoms with Gasteiger partial charge < -0.3 is 15.0 Å². The monoisotopic (exact) mass is 428 g/mol. The Morgan fingerprint density at radius 2 is 1.69 bits per heavy atom. The number of nitrogens with one attached hydrogen (secondary N) is 1. The highest BCUT2D eigenvalue weighted by Gasteiger charge is 2.26. The van der Waals surface area contributed by atoms with Crippen LogP contribution in [0.5, 0.6) is 5.75 Å². The predicted molar refractivity (Wildman–Crippen MR) is 126 cm³/mol. The first-order chi connectivity index (χ1) is 15.4. The van der Waals surface area contributed by atoms with E-state index in [1.54, 1.807) is 0 Å². The van der Waals surface area contributed by atoms with Crippen LogP contribution in [0.25, 0.3) is 0 Å². The summed E-state index contributed by atoms with van der Waals surface area (Å²) >= 11 is 0. The number of rotatable bonds is 6. The minimum Gasteiger partial charge on any atom is -0.483 e. The summed E-state index contributed by atoms with van der Waals surface area (Å²) in [5.74, 6) is 0.370. The molecule has 0 bridgehead atoms. The molecule has 0 saturated carbocycles. The summed E-state index contributed by atoms with van der Waals surface area (Å²) in [7, 11) is 0. The number of ether oxygens (including phenoxy) is 1. The van der Waals surface area contributed by atoms with Crippen LogP contribution in [-0.2, 0) is 17.8 Å². The third-order valence-electron chi connectivity index (χ3n) is 5.64. The molecule has 0 saturated heterocycles. The number of carbonyl (C=O) groups is 2. The van der Waals surface area contributed by atoms with Crippen molar-refractivity contribution in [1.29, 1.82) is 0 Å². The molecule has 0 aliphatic carbocycles. The lowest BCUT2D eigenvalue weighted by Crippen LogP contribution is -2.37. The van der Waals surface area contributed by atoms with E-state index >= 15 is 0 Å². The summed E-state index contributed by atoms with van der Waals surface area (Å²) in [6, 6.07) is 19.6. The number of hydrogen-bond donors (Lipinski definition) is 1. The molecule has 1 N–H and O–H groups in total. The van der Waals surface area contributed by atoms with Gasteiger partial charge in [0.15, 0.2) is 6.61 Å². The number of hydrogen-bond acceptors (Lipinski definition) is 3. The van der Waals surface area contributed by atoms with Gasteiger partial charge in [-0.05, 0) is 68.1 Å². The Balaban J connectivity index is 1.42. The van der Waals surface area contributed by atoms with Gasteiger partial charge in [-0.15, -0.1) is 0 Å². The van der Waals surface area contributed by atoms with E-state index in [4.69, 9.17) is 4.74 Å². The average Bonchev–Trinajstić information content (AvgIpc) is 2.75. The molecule has 2 amide bonds. The van der Waals surface area contributed by atoms with Crippen LogP contribution >= 0.6 is 0 Å². The Kier molecular flexibility index (Phi) is 6.26. The second-order valence-electron chi connectivity index (χ2n) is 8.46. The number of amides is 2. The molecule has 164 valence electrons. The minimum atomic E-state index is -0.226. The van der Waals surface area contributed by atoms with Crippen molar-refractivity contribution in [2.24, 2.45) is 0 Å². The van der Waals surface area contributed by atoms with Gasteiger partial charge in [-0.3, -0.25) is 9.59 Å². The van der Waals surface area contributed by atoms with Gasteiger partial charge in [-0.1, -0.05) is 42.0 Å². The molecule has 0 unspecified atom stereocenters. The zero-order chi connectivity index (χ0) is 22.7. The summed E-state index contributed by atoms with van der Waals surface area (Å²) in [5, 5.41) is 2.88. The predicted octanol–water partition coefficient (Wildman–Crippen LogP) is 4.83. The Labute approximate surface area is 189 Å². The van der Waals surface area contributed by atoms with E-state index < -0.39 is 0 Å². The summed E-state index contributed by atoms with van der Waals surface area (Å²) < 4.78 is 5.83. The largest absolute Gasteiger partial charge is 0.483 e. The molecule has 1 heterocycles. The van der Waals surface area contributed by atoms with Crippen LogP contribution in [0.3, 0.4) is 0 Å². The van der Waals surface area contributed by atoms with E-state index in [1.807, 2.05) is 49.1 Å². The van der Waals surface area contributed by atoms with Crippen molar-refractivity contribution in [2.45, 2.75) is 33.7 Å². The minimum absolute atomic E-state index is 0.00281.